The molecule has 1 amide bonds. The van der Waals surface area contributed by atoms with Crippen LogP contribution in [-0.2, 0) is 9.59 Å². The molecule has 0 saturated carbocycles. The number of piperidine rings is 1. The molecule has 1 atom stereocenters. The predicted molar refractivity (Wildman–Crippen MR) is 82.1 cm³/mol. The molecule has 122 valence electrons. The van der Waals surface area contributed by atoms with Crippen molar-refractivity contribution >= 4 is 11.9 Å². The van der Waals surface area contributed by atoms with Gasteiger partial charge in [0.25, 0.3) is 0 Å². The van der Waals surface area contributed by atoms with Gasteiger partial charge in [0.05, 0.1) is 13.1 Å². The fourth-order valence-corrected chi connectivity index (χ4v) is 2.60. The number of carboxylic acid groups (broad SMARTS) is 1. The van der Waals surface area contributed by atoms with Gasteiger partial charge in [0.2, 0.25) is 5.91 Å². The van der Waals surface area contributed by atoms with Crippen molar-refractivity contribution in [3.05, 3.63) is 0 Å². The summed E-state index contributed by atoms with van der Waals surface area (Å²) in [5.41, 5.74) is 0. The van der Waals surface area contributed by atoms with Crippen molar-refractivity contribution in [2.24, 2.45) is 11.8 Å². The van der Waals surface area contributed by atoms with Crippen LogP contribution in [0.2, 0.25) is 0 Å². The van der Waals surface area contributed by atoms with Gasteiger partial charge in [0, 0.05) is 13.1 Å². The number of carbonyl (C=O) groups is 2. The fraction of sp³-hybridized carbons (Fsp3) is 0.867. The first kappa shape index (κ1) is 17.9. The molecule has 0 aromatic rings. The van der Waals surface area contributed by atoms with Crippen LogP contribution >= 0.6 is 0 Å². The third-order valence-corrected chi connectivity index (χ3v) is 3.72. The lowest BCUT2D eigenvalue weighted by molar-refractivity contribution is -0.136. The Hall–Kier alpha value is -1.14. The number of nitrogens with one attached hydrogen (secondary N) is 2. The van der Waals surface area contributed by atoms with E-state index in [1.165, 1.54) is 0 Å². The zero-order valence-corrected chi connectivity index (χ0v) is 13.2. The maximum Gasteiger partial charge on any atom is 0.317 e. The van der Waals surface area contributed by atoms with E-state index in [9.17, 15) is 9.59 Å². The molecule has 1 saturated heterocycles. The van der Waals surface area contributed by atoms with Gasteiger partial charge in [-0.1, -0.05) is 13.8 Å². The van der Waals surface area contributed by atoms with Gasteiger partial charge in [-0.25, -0.2) is 0 Å². The number of likely N-dealkylation sites (tertiary alicyclic amines) is 1. The Morgan fingerprint density at radius 3 is 2.81 bits per heavy atom. The second kappa shape index (κ2) is 9.73. The summed E-state index contributed by atoms with van der Waals surface area (Å²) in [6, 6.07) is 0. The van der Waals surface area contributed by atoms with Crippen LogP contribution < -0.4 is 10.6 Å². The van der Waals surface area contributed by atoms with Crippen molar-refractivity contribution in [1.29, 1.82) is 0 Å². The number of rotatable bonds is 9. The van der Waals surface area contributed by atoms with Crippen LogP contribution in [0.1, 0.15) is 33.1 Å². The van der Waals surface area contributed by atoms with Gasteiger partial charge in [-0.15, -0.1) is 0 Å². The molecule has 0 spiro atoms. The third kappa shape index (κ3) is 8.67. The first-order chi connectivity index (χ1) is 9.97. The van der Waals surface area contributed by atoms with Gasteiger partial charge in [-0.3, -0.25) is 14.5 Å². The third-order valence-electron chi connectivity index (χ3n) is 3.72. The normalized spacial score (nSPS) is 19.7. The van der Waals surface area contributed by atoms with Crippen LogP contribution in [0.3, 0.4) is 0 Å². The second-order valence-corrected chi connectivity index (χ2v) is 6.30. The monoisotopic (exact) mass is 299 g/mol. The Labute approximate surface area is 127 Å². The van der Waals surface area contributed by atoms with Crippen molar-refractivity contribution in [3.8, 4) is 0 Å². The lowest BCUT2D eigenvalue weighted by Crippen LogP contribution is -2.45. The van der Waals surface area contributed by atoms with E-state index in [2.05, 4.69) is 29.4 Å². The van der Waals surface area contributed by atoms with Crippen LogP contribution in [0.4, 0.5) is 0 Å². The van der Waals surface area contributed by atoms with Crippen LogP contribution in [0.25, 0.3) is 0 Å². The Bertz CT molecular complexity index is 334. The molecule has 1 fully saturated rings. The van der Waals surface area contributed by atoms with E-state index in [4.69, 9.17) is 5.11 Å². The Morgan fingerprint density at radius 2 is 2.14 bits per heavy atom. The largest absolute Gasteiger partial charge is 0.480 e. The number of carboxylic acids is 1. The summed E-state index contributed by atoms with van der Waals surface area (Å²) in [6.07, 6.45) is 3.17. The highest BCUT2D eigenvalue weighted by Crippen LogP contribution is 2.15. The van der Waals surface area contributed by atoms with Crippen molar-refractivity contribution in [1.82, 2.24) is 15.5 Å². The number of carbonyl (C=O) groups excluding carboxylic acids is 1. The summed E-state index contributed by atoms with van der Waals surface area (Å²) in [7, 11) is 0. The molecule has 1 unspecified atom stereocenters. The topological polar surface area (TPSA) is 81.7 Å². The Morgan fingerprint density at radius 1 is 1.38 bits per heavy atom. The van der Waals surface area contributed by atoms with E-state index in [-0.39, 0.29) is 12.5 Å². The SMILES string of the molecule is CC(C)CCNC(=O)CN1CCCC(CNCC(=O)O)C1. The summed E-state index contributed by atoms with van der Waals surface area (Å²) in [6.45, 7) is 8.01. The molecular weight excluding hydrogens is 270 g/mol. The molecule has 0 aromatic heterocycles. The first-order valence-electron chi connectivity index (χ1n) is 7.89. The van der Waals surface area contributed by atoms with E-state index < -0.39 is 5.97 Å². The van der Waals surface area contributed by atoms with Crippen molar-refractivity contribution in [2.45, 2.75) is 33.1 Å². The van der Waals surface area contributed by atoms with Crippen LogP contribution in [0, 0.1) is 11.8 Å². The van der Waals surface area contributed by atoms with E-state index >= 15 is 0 Å². The number of nitrogens with zero attached hydrogens (tertiary/aromatic N) is 1. The summed E-state index contributed by atoms with van der Waals surface area (Å²) < 4.78 is 0. The van der Waals surface area contributed by atoms with E-state index in [0.29, 0.717) is 24.9 Å². The lowest BCUT2D eigenvalue weighted by atomic mass is 9.98. The maximum atomic E-state index is 11.9. The predicted octanol–water partition coefficient (Wildman–Crippen LogP) is 0.535. The standard InChI is InChI=1S/C15H29N3O3/c1-12(2)5-6-17-14(19)11-18-7-3-4-13(10-18)8-16-9-15(20)21/h12-13,16H,3-11H2,1-2H3,(H,17,19)(H,20,21). The molecular formula is C15H29N3O3. The smallest absolute Gasteiger partial charge is 0.317 e. The molecule has 1 aliphatic rings. The Balaban J connectivity index is 2.19. The summed E-state index contributed by atoms with van der Waals surface area (Å²) >= 11 is 0. The molecule has 1 heterocycles. The van der Waals surface area contributed by atoms with Gasteiger partial charge < -0.3 is 15.7 Å². The first-order valence-corrected chi connectivity index (χ1v) is 7.89. The summed E-state index contributed by atoms with van der Waals surface area (Å²) in [4.78, 5) is 24.5. The zero-order valence-electron chi connectivity index (χ0n) is 13.2. The van der Waals surface area contributed by atoms with E-state index in [1.807, 2.05) is 0 Å². The van der Waals surface area contributed by atoms with Gasteiger partial charge >= 0.3 is 5.97 Å². The van der Waals surface area contributed by atoms with Crippen LogP contribution in [0.5, 0.6) is 0 Å². The second-order valence-electron chi connectivity index (χ2n) is 6.30. The fourth-order valence-electron chi connectivity index (χ4n) is 2.60. The maximum absolute atomic E-state index is 11.9. The van der Waals surface area contributed by atoms with E-state index in [1.54, 1.807) is 0 Å². The molecule has 0 radical (unpaired) electrons. The molecule has 0 bridgehead atoms. The number of amides is 1. The van der Waals surface area contributed by atoms with Gasteiger partial charge in [0.1, 0.15) is 0 Å². The molecule has 6 heteroatoms. The highest BCUT2D eigenvalue weighted by molar-refractivity contribution is 5.77. The zero-order chi connectivity index (χ0) is 15.7. The number of hydrogen-bond acceptors (Lipinski definition) is 4. The molecule has 6 nitrogen and oxygen atoms in total. The van der Waals surface area contributed by atoms with Crippen LogP contribution in [0.15, 0.2) is 0 Å². The van der Waals surface area contributed by atoms with Gasteiger partial charge in [-0.05, 0) is 44.2 Å². The quantitative estimate of drug-likeness (QED) is 0.579. The molecule has 1 aliphatic heterocycles. The average molecular weight is 299 g/mol. The minimum atomic E-state index is -0.827. The van der Waals surface area contributed by atoms with Gasteiger partial charge in [0.15, 0.2) is 0 Å². The minimum Gasteiger partial charge on any atom is -0.480 e. The molecule has 21 heavy (non-hydrogen) atoms. The van der Waals surface area contributed by atoms with Gasteiger partial charge in [-0.2, -0.15) is 0 Å². The Kier molecular flexibility index (Phi) is 8.30. The highest BCUT2D eigenvalue weighted by atomic mass is 16.4. The lowest BCUT2D eigenvalue weighted by Gasteiger charge is -2.32. The average Bonchev–Trinajstić information content (AvgIpc) is 2.38. The molecule has 0 aliphatic carbocycles. The number of aliphatic carboxylic acids is 1. The molecule has 0 aromatic carbocycles. The van der Waals surface area contributed by atoms with Crippen molar-refractivity contribution < 1.29 is 14.7 Å². The van der Waals surface area contributed by atoms with E-state index in [0.717, 1.165) is 38.9 Å². The molecule has 1 rings (SSSR count). The van der Waals surface area contributed by atoms with Crippen molar-refractivity contribution in [3.63, 3.8) is 0 Å². The molecule has 3 N–H and O–H groups in total. The van der Waals surface area contributed by atoms with Crippen molar-refractivity contribution in [2.75, 3.05) is 39.3 Å². The highest BCUT2D eigenvalue weighted by Gasteiger charge is 2.21. The minimum absolute atomic E-state index is 0.00614. The summed E-state index contributed by atoms with van der Waals surface area (Å²) in [5, 5.41) is 14.5. The number of hydrogen-bond donors (Lipinski definition) is 3. The van der Waals surface area contributed by atoms with Crippen LogP contribution in [-0.4, -0.2) is 61.2 Å². The summed E-state index contributed by atoms with van der Waals surface area (Å²) in [5.74, 6) is 0.300.